The summed E-state index contributed by atoms with van der Waals surface area (Å²) in [5.74, 6) is 4.43. The molecular formula is C12H10F3N5O. The molecule has 1 aromatic heterocycles. The fourth-order valence-corrected chi connectivity index (χ4v) is 1.54. The molecule has 6 nitrogen and oxygen atoms in total. The van der Waals surface area contributed by atoms with Crippen LogP contribution in [-0.4, -0.2) is 15.9 Å². The van der Waals surface area contributed by atoms with E-state index in [9.17, 15) is 18.0 Å². The molecule has 21 heavy (non-hydrogen) atoms. The number of anilines is 2. The normalized spacial score (nSPS) is 11.0. The maximum atomic E-state index is 12.5. The van der Waals surface area contributed by atoms with Crippen LogP contribution in [0.15, 0.2) is 36.7 Å². The standard InChI is InChI=1S/C12H10F3N5O/c13-12(14,15)7-1-3-8(4-2-7)19-10-9(11(21)20-16)17-5-6-18-10/h1-6H,16H2,(H,18,19)(H,20,21). The Morgan fingerprint density at radius 1 is 1.10 bits per heavy atom. The summed E-state index contributed by atoms with van der Waals surface area (Å²) >= 11 is 0. The lowest BCUT2D eigenvalue weighted by Crippen LogP contribution is -2.31. The average molecular weight is 297 g/mol. The van der Waals surface area contributed by atoms with Crippen LogP contribution < -0.4 is 16.6 Å². The van der Waals surface area contributed by atoms with Crippen molar-refractivity contribution in [1.29, 1.82) is 0 Å². The zero-order valence-electron chi connectivity index (χ0n) is 10.5. The molecule has 0 aliphatic carbocycles. The average Bonchev–Trinajstić information content (AvgIpc) is 2.46. The number of hydrogen-bond donors (Lipinski definition) is 3. The number of aromatic nitrogens is 2. The number of alkyl halides is 3. The van der Waals surface area contributed by atoms with E-state index in [2.05, 4.69) is 15.3 Å². The highest BCUT2D eigenvalue weighted by atomic mass is 19.4. The van der Waals surface area contributed by atoms with Crippen molar-refractivity contribution >= 4 is 17.4 Å². The first-order valence-corrected chi connectivity index (χ1v) is 5.68. The molecule has 4 N–H and O–H groups in total. The van der Waals surface area contributed by atoms with Gasteiger partial charge in [-0.2, -0.15) is 13.2 Å². The number of carbonyl (C=O) groups is 1. The van der Waals surface area contributed by atoms with E-state index >= 15 is 0 Å². The molecule has 0 atom stereocenters. The molecule has 2 rings (SSSR count). The lowest BCUT2D eigenvalue weighted by molar-refractivity contribution is -0.137. The third-order valence-electron chi connectivity index (χ3n) is 2.52. The van der Waals surface area contributed by atoms with Gasteiger partial charge in [0.05, 0.1) is 5.56 Å². The lowest BCUT2D eigenvalue weighted by Gasteiger charge is -2.10. The van der Waals surface area contributed by atoms with E-state index in [4.69, 9.17) is 5.84 Å². The van der Waals surface area contributed by atoms with Crippen LogP contribution in [0.25, 0.3) is 0 Å². The fraction of sp³-hybridized carbons (Fsp3) is 0.0833. The molecule has 0 saturated heterocycles. The molecule has 1 heterocycles. The Labute approximate surface area is 117 Å². The number of nitrogen functional groups attached to an aromatic ring is 1. The van der Waals surface area contributed by atoms with E-state index in [0.717, 1.165) is 12.1 Å². The summed E-state index contributed by atoms with van der Waals surface area (Å²) in [4.78, 5) is 19.2. The Morgan fingerprint density at radius 3 is 2.29 bits per heavy atom. The number of nitrogens with one attached hydrogen (secondary N) is 2. The highest BCUT2D eigenvalue weighted by Crippen LogP contribution is 2.30. The molecule has 0 saturated carbocycles. The van der Waals surface area contributed by atoms with Crippen molar-refractivity contribution in [3.05, 3.63) is 47.9 Å². The predicted molar refractivity (Wildman–Crippen MR) is 68.4 cm³/mol. The van der Waals surface area contributed by atoms with Gasteiger partial charge in [0.1, 0.15) is 0 Å². The first-order valence-electron chi connectivity index (χ1n) is 5.68. The van der Waals surface area contributed by atoms with Crippen LogP contribution in [0, 0.1) is 0 Å². The van der Waals surface area contributed by atoms with E-state index in [1.807, 2.05) is 5.43 Å². The molecule has 1 aromatic carbocycles. The van der Waals surface area contributed by atoms with Crippen molar-refractivity contribution in [3.8, 4) is 0 Å². The Balaban J connectivity index is 2.25. The minimum Gasteiger partial charge on any atom is -0.338 e. The third kappa shape index (κ3) is 3.45. The number of halogens is 3. The molecular weight excluding hydrogens is 287 g/mol. The molecule has 2 aromatic rings. The van der Waals surface area contributed by atoms with E-state index < -0.39 is 17.6 Å². The first kappa shape index (κ1) is 14.7. The van der Waals surface area contributed by atoms with E-state index in [1.165, 1.54) is 24.5 Å². The van der Waals surface area contributed by atoms with Gasteiger partial charge in [-0.15, -0.1) is 0 Å². The van der Waals surface area contributed by atoms with Gasteiger partial charge in [0, 0.05) is 18.1 Å². The molecule has 0 aliphatic rings. The van der Waals surface area contributed by atoms with Gasteiger partial charge in [-0.3, -0.25) is 10.2 Å². The van der Waals surface area contributed by atoms with Crippen LogP contribution in [0.2, 0.25) is 0 Å². The number of amides is 1. The number of hydrazine groups is 1. The van der Waals surface area contributed by atoms with Crippen LogP contribution in [0.1, 0.15) is 16.1 Å². The molecule has 110 valence electrons. The van der Waals surface area contributed by atoms with Gasteiger partial charge in [-0.05, 0) is 24.3 Å². The van der Waals surface area contributed by atoms with Crippen molar-refractivity contribution in [2.45, 2.75) is 6.18 Å². The van der Waals surface area contributed by atoms with Gasteiger partial charge in [-0.1, -0.05) is 0 Å². The zero-order chi connectivity index (χ0) is 15.5. The van der Waals surface area contributed by atoms with E-state index in [1.54, 1.807) is 0 Å². The molecule has 0 fully saturated rings. The number of nitrogens with zero attached hydrogens (tertiary/aromatic N) is 2. The second-order valence-electron chi connectivity index (χ2n) is 3.93. The number of nitrogens with two attached hydrogens (primary N) is 1. The Bertz CT molecular complexity index is 642. The molecule has 0 radical (unpaired) electrons. The first-order chi connectivity index (χ1) is 9.91. The largest absolute Gasteiger partial charge is 0.416 e. The summed E-state index contributed by atoms with van der Waals surface area (Å²) in [6, 6.07) is 4.28. The van der Waals surface area contributed by atoms with Gasteiger partial charge >= 0.3 is 6.18 Å². The zero-order valence-corrected chi connectivity index (χ0v) is 10.5. The van der Waals surface area contributed by atoms with Gasteiger partial charge in [0.25, 0.3) is 5.91 Å². The van der Waals surface area contributed by atoms with Crippen molar-refractivity contribution in [3.63, 3.8) is 0 Å². The van der Waals surface area contributed by atoms with Gasteiger partial charge in [0.15, 0.2) is 11.5 Å². The number of carbonyl (C=O) groups excluding carboxylic acids is 1. The van der Waals surface area contributed by atoms with Gasteiger partial charge in [0.2, 0.25) is 0 Å². The second-order valence-corrected chi connectivity index (χ2v) is 3.93. The molecule has 0 bridgehead atoms. The van der Waals surface area contributed by atoms with Crippen molar-refractivity contribution in [1.82, 2.24) is 15.4 Å². The number of hydrogen-bond acceptors (Lipinski definition) is 5. The summed E-state index contributed by atoms with van der Waals surface area (Å²) in [6.45, 7) is 0. The van der Waals surface area contributed by atoms with Gasteiger partial charge in [-0.25, -0.2) is 15.8 Å². The summed E-state index contributed by atoms with van der Waals surface area (Å²) in [5.41, 5.74) is 1.39. The minimum atomic E-state index is -4.41. The van der Waals surface area contributed by atoms with E-state index in [0.29, 0.717) is 5.69 Å². The molecule has 9 heteroatoms. The van der Waals surface area contributed by atoms with Crippen LogP contribution >= 0.6 is 0 Å². The minimum absolute atomic E-state index is 0.0695. The summed E-state index contributed by atoms with van der Waals surface area (Å²) < 4.78 is 37.4. The molecule has 1 amide bonds. The van der Waals surface area contributed by atoms with Gasteiger partial charge < -0.3 is 5.32 Å². The molecule has 0 aliphatic heterocycles. The maximum Gasteiger partial charge on any atom is 0.416 e. The van der Waals surface area contributed by atoms with Crippen LogP contribution in [0.3, 0.4) is 0 Å². The second kappa shape index (κ2) is 5.75. The number of benzene rings is 1. The monoisotopic (exact) mass is 297 g/mol. The highest BCUT2D eigenvalue weighted by molar-refractivity contribution is 5.96. The Hall–Kier alpha value is -2.68. The topological polar surface area (TPSA) is 92.9 Å². The summed E-state index contributed by atoms with van der Waals surface area (Å²) in [6.07, 6.45) is -1.78. The summed E-state index contributed by atoms with van der Waals surface area (Å²) in [5, 5.41) is 2.71. The van der Waals surface area contributed by atoms with Crippen molar-refractivity contribution in [2.24, 2.45) is 5.84 Å². The molecule has 0 spiro atoms. The SMILES string of the molecule is NNC(=O)c1nccnc1Nc1ccc(C(F)(F)F)cc1. The smallest absolute Gasteiger partial charge is 0.338 e. The third-order valence-corrected chi connectivity index (χ3v) is 2.52. The summed E-state index contributed by atoms with van der Waals surface area (Å²) in [7, 11) is 0. The van der Waals surface area contributed by atoms with Crippen molar-refractivity contribution in [2.75, 3.05) is 5.32 Å². The fourth-order valence-electron chi connectivity index (χ4n) is 1.54. The van der Waals surface area contributed by atoms with E-state index in [-0.39, 0.29) is 11.5 Å². The van der Waals surface area contributed by atoms with Crippen LogP contribution in [0.5, 0.6) is 0 Å². The highest BCUT2D eigenvalue weighted by Gasteiger charge is 2.30. The van der Waals surface area contributed by atoms with Crippen molar-refractivity contribution < 1.29 is 18.0 Å². The van der Waals surface area contributed by atoms with Crippen LogP contribution in [-0.2, 0) is 6.18 Å². The van der Waals surface area contributed by atoms with Crippen LogP contribution in [0.4, 0.5) is 24.7 Å². The Kier molecular flexibility index (Phi) is 4.03. The quantitative estimate of drug-likeness (QED) is 0.457. The molecule has 0 unspecified atom stereocenters. The Morgan fingerprint density at radius 2 is 1.71 bits per heavy atom. The lowest BCUT2D eigenvalue weighted by atomic mass is 10.2. The predicted octanol–water partition coefficient (Wildman–Crippen LogP) is 1.84. The number of rotatable bonds is 3. The maximum absolute atomic E-state index is 12.5.